The smallest absolute Gasteiger partial charge is 0.306 e. The second-order valence-electron chi connectivity index (χ2n) is 17.8. The predicted octanol–water partition coefficient (Wildman–Crippen LogP) is 16.8. The molecule has 344 valence electrons. The average Bonchev–Trinajstić information content (AvgIpc) is 3.22. The molecule has 0 aliphatic heterocycles. The first-order chi connectivity index (χ1) is 28.5. The first-order valence-electron chi connectivity index (χ1n) is 26.0. The lowest BCUT2D eigenvalue weighted by Gasteiger charge is -2.18. The quantitative estimate of drug-likeness (QED) is 0.0346. The number of carbonyl (C=O) groups is 3. The highest BCUT2D eigenvalue weighted by Gasteiger charge is 2.19. The van der Waals surface area contributed by atoms with Crippen LogP contribution in [-0.2, 0) is 28.6 Å². The van der Waals surface area contributed by atoms with Gasteiger partial charge in [0.2, 0.25) is 0 Å². The van der Waals surface area contributed by atoms with Crippen LogP contribution >= 0.6 is 0 Å². The van der Waals surface area contributed by atoms with Gasteiger partial charge in [-0.2, -0.15) is 0 Å². The summed E-state index contributed by atoms with van der Waals surface area (Å²) in [4.78, 5) is 37.9. The second-order valence-corrected chi connectivity index (χ2v) is 17.8. The average molecular weight is 821 g/mol. The highest BCUT2D eigenvalue weighted by atomic mass is 16.6. The third kappa shape index (κ3) is 45.5. The summed E-state index contributed by atoms with van der Waals surface area (Å²) in [7, 11) is 0. The monoisotopic (exact) mass is 821 g/mol. The molecule has 0 aromatic heterocycles. The van der Waals surface area contributed by atoms with Crippen LogP contribution in [0.2, 0.25) is 0 Å². The summed E-state index contributed by atoms with van der Waals surface area (Å²) in [6, 6.07) is 0. The van der Waals surface area contributed by atoms with E-state index in [0.717, 1.165) is 57.8 Å². The number of esters is 3. The van der Waals surface area contributed by atoms with Gasteiger partial charge in [0.1, 0.15) is 13.2 Å². The van der Waals surface area contributed by atoms with Gasteiger partial charge < -0.3 is 14.2 Å². The van der Waals surface area contributed by atoms with E-state index in [9.17, 15) is 14.4 Å². The molecule has 0 heterocycles. The summed E-state index contributed by atoms with van der Waals surface area (Å²) in [6.07, 6.45) is 50.8. The van der Waals surface area contributed by atoms with Crippen LogP contribution in [0.3, 0.4) is 0 Å². The molecular formula is C52H100O6. The highest BCUT2D eigenvalue weighted by molar-refractivity contribution is 5.71. The molecule has 0 saturated carbocycles. The molecule has 0 N–H and O–H groups in total. The summed E-state index contributed by atoms with van der Waals surface area (Å²) in [6.45, 7) is 6.67. The van der Waals surface area contributed by atoms with Crippen molar-refractivity contribution in [2.24, 2.45) is 0 Å². The molecule has 0 aromatic carbocycles. The fourth-order valence-electron chi connectivity index (χ4n) is 7.92. The van der Waals surface area contributed by atoms with E-state index in [1.54, 1.807) is 0 Å². The summed E-state index contributed by atoms with van der Waals surface area (Å²) >= 11 is 0. The Bertz CT molecular complexity index is 859. The standard InChI is InChI=1S/C52H100O6/c1-4-7-10-13-16-19-22-24-25-26-27-28-31-33-36-39-42-45-51(54)57-48-49(58-52(55)46-43-40-37-34-29-21-18-15-12-9-6-3)47-56-50(53)44-41-38-35-32-30-23-20-17-14-11-8-5-2/h49H,4-48H2,1-3H3/t49-/m1/s1. The minimum atomic E-state index is -0.759. The Kier molecular flexibility index (Phi) is 46.8. The second kappa shape index (κ2) is 48.1. The van der Waals surface area contributed by atoms with Crippen molar-refractivity contribution in [3.05, 3.63) is 0 Å². The van der Waals surface area contributed by atoms with Crippen molar-refractivity contribution in [1.82, 2.24) is 0 Å². The Balaban J connectivity index is 4.26. The number of ether oxygens (including phenoxy) is 3. The number of carbonyl (C=O) groups excluding carboxylic acids is 3. The molecule has 6 nitrogen and oxygen atoms in total. The zero-order valence-electron chi connectivity index (χ0n) is 39.3. The van der Waals surface area contributed by atoms with Crippen molar-refractivity contribution in [3.8, 4) is 0 Å². The molecule has 0 radical (unpaired) electrons. The largest absolute Gasteiger partial charge is 0.462 e. The maximum atomic E-state index is 12.7. The van der Waals surface area contributed by atoms with Crippen LogP contribution in [-0.4, -0.2) is 37.2 Å². The summed E-state index contributed by atoms with van der Waals surface area (Å²) in [5.74, 6) is -0.842. The van der Waals surface area contributed by atoms with Crippen LogP contribution < -0.4 is 0 Å². The van der Waals surface area contributed by atoms with E-state index in [-0.39, 0.29) is 31.1 Å². The third-order valence-corrected chi connectivity index (χ3v) is 11.9. The van der Waals surface area contributed by atoms with Crippen LogP contribution in [0.15, 0.2) is 0 Å². The lowest BCUT2D eigenvalue weighted by atomic mass is 10.0. The molecule has 0 aliphatic carbocycles. The molecule has 0 bridgehead atoms. The van der Waals surface area contributed by atoms with Gasteiger partial charge in [-0.05, 0) is 19.3 Å². The van der Waals surface area contributed by atoms with Gasteiger partial charge in [-0.25, -0.2) is 0 Å². The molecule has 0 unspecified atom stereocenters. The van der Waals surface area contributed by atoms with E-state index >= 15 is 0 Å². The number of hydrogen-bond acceptors (Lipinski definition) is 6. The minimum absolute atomic E-state index is 0.0618. The SMILES string of the molecule is CCCCCCCCCCCCCCCCCCCC(=O)OC[C@@H](COC(=O)CCCCCCCCCCCCCC)OC(=O)CCCCCCCCCCCCC. The molecular weight excluding hydrogens is 721 g/mol. The minimum Gasteiger partial charge on any atom is -0.462 e. The molecule has 1 atom stereocenters. The molecule has 0 spiro atoms. The third-order valence-electron chi connectivity index (χ3n) is 11.9. The first-order valence-corrected chi connectivity index (χ1v) is 26.0. The van der Waals surface area contributed by atoms with E-state index in [2.05, 4.69) is 20.8 Å². The normalized spacial score (nSPS) is 11.8. The maximum Gasteiger partial charge on any atom is 0.306 e. The summed E-state index contributed by atoms with van der Waals surface area (Å²) in [5.41, 5.74) is 0. The summed E-state index contributed by atoms with van der Waals surface area (Å²) in [5, 5.41) is 0. The Morgan fingerprint density at radius 1 is 0.276 bits per heavy atom. The predicted molar refractivity (Wildman–Crippen MR) is 247 cm³/mol. The lowest BCUT2D eigenvalue weighted by Crippen LogP contribution is -2.30. The van der Waals surface area contributed by atoms with Gasteiger partial charge in [0.05, 0.1) is 0 Å². The van der Waals surface area contributed by atoms with Crippen molar-refractivity contribution in [3.63, 3.8) is 0 Å². The van der Waals surface area contributed by atoms with Crippen LogP contribution in [0.1, 0.15) is 297 Å². The van der Waals surface area contributed by atoms with Gasteiger partial charge in [0, 0.05) is 19.3 Å². The van der Waals surface area contributed by atoms with Crippen LogP contribution in [0.4, 0.5) is 0 Å². The van der Waals surface area contributed by atoms with E-state index in [4.69, 9.17) is 14.2 Å². The highest BCUT2D eigenvalue weighted by Crippen LogP contribution is 2.17. The van der Waals surface area contributed by atoms with Crippen LogP contribution in [0.25, 0.3) is 0 Å². The Labute approximate surface area is 361 Å². The fraction of sp³-hybridized carbons (Fsp3) is 0.942. The zero-order valence-corrected chi connectivity index (χ0v) is 39.3. The molecule has 0 fully saturated rings. The lowest BCUT2D eigenvalue weighted by molar-refractivity contribution is -0.167. The number of hydrogen-bond donors (Lipinski definition) is 0. The molecule has 0 aromatic rings. The van der Waals surface area contributed by atoms with E-state index < -0.39 is 6.10 Å². The van der Waals surface area contributed by atoms with Crippen molar-refractivity contribution in [2.75, 3.05) is 13.2 Å². The van der Waals surface area contributed by atoms with Gasteiger partial charge in [0.25, 0.3) is 0 Å². The molecule has 6 heteroatoms. The van der Waals surface area contributed by atoms with E-state index in [0.29, 0.717) is 19.3 Å². The van der Waals surface area contributed by atoms with Crippen LogP contribution in [0, 0.1) is 0 Å². The van der Waals surface area contributed by atoms with E-state index in [1.807, 2.05) is 0 Å². The van der Waals surface area contributed by atoms with Gasteiger partial charge >= 0.3 is 17.9 Å². The molecule has 0 aliphatic rings. The summed E-state index contributed by atoms with van der Waals surface area (Å²) < 4.78 is 16.8. The van der Waals surface area contributed by atoms with Crippen molar-refractivity contribution in [2.45, 2.75) is 303 Å². The fourth-order valence-corrected chi connectivity index (χ4v) is 7.92. The molecule has 0 saturated heterocycles. The first kappa shape index (κ1) is 56.4. The maximum absolute atomic E-state index is 12.7. The topological polar surface area (TPSA) is 78.9 Å². The zero-order chi connectivity index (χ0) is 42.3. The Morgan fingerprint density at radius 3 is 0.690 bits per heavy atom. The van der Waals surface area contributed by atoms with Gasteiger partial charge in [-0.3, -0.25) is 14.4 Å². The van der Waals surface area contributed by atoms with Crippen molar-refractivity contribution < 1.29 is 28.6 Å². The Morgan fingerprint density at radius 2 is 0.466 bits per heavy atom. The Hall–Kier alpha value is -1.59. The number of unbranched alkanes of at least 4 members (excludes halogenated alkanes) is 37. The number of rotatable bonds is 48. The van der Waals surface area contributed by atoms with E-state index in [1.165, 1.54) is 199 Å². The molecule has 0 rings (SSSR count). The van der Waals surface area contributed by atoms with Crippen LogP contribution in [0.5, 0.6) is 0 Å². The van der Waals surface area contributed by atoms with Crippen molar-refractivity contribution >= 4 is 17.9 Å². The van der Waals surface area contributed by atoms with Gasteiger partial charge in [0.15, 0.2) is 6.10 Å². The molecule has 58 heavy (non-hydrogen) atoms. The van der Waals surface area contributed by atoms with Gasteiger partial charge in [-0.15, -0.1) is 0 Å². The molecule has 0 amide bonds. The van der Waals surface area contributed by atoms with Crippen molar-refractivity contribution in [1.29, 1.82) is 0 Å². The van der Waals surface area contributed by atoms with Gasteiger partial charge in [-0.1, -0.05) is 258 Å².